The number of aromatic nitrogens is 1. The van der Waals surface area contributed by atoms with E-state index in [4.69, 9.17) is 11.6 Å². The first-order valence-corrected chi connectivity index (χ1v) is 7.92. The molecule has 0 aliphatic carbocycles. The highest BCUT2D eigenvalue weighted by atomic mass is 35.5. The van der Waals surface area contributed by atoms with Gasteiger partial charge in [-0.15, -0.1) is 0 Å². The molecule has 0 spiro atoms. The fraction of sp³-hybridized carbons (Fsp3) is 0.688. The van der Waals surface area contributed by atoms with Gasteiger partial charge in [0.25, 0.3) is 0 Å². The summed E-state index contributed by atoms with van der Waals surface area (Å²) in [6, 6.07) is 3.57. The molecule has 1 atom stereocenters. The van der Waals surface area contributed by atoms with Crippen molar-refractivity contribution in [3.05, 3.63) is 29.0 Å². The van der Waals surface area contributed by atoms with Crippen LogP contribution >= 0.6 is 11.6 Å². The van der Waals surface area contributed by atoms with Gasteiger partial charge in [-0.25, -0.2) is 0 Å². The van der Waals surface area contributed by atoms with Crippen molar-refractivity contribution in [1.82, 2.24) is 4.98 Å². The Morgan fingerprint density at radius 1 is 1.11 bits per heavy atom. The molecule has 0 amide bonds. The van der Waals surface area contributed by atoms with E-state index in [0.717, 1.165) is 12.8 Å². The highest BCUT2D eigenvalue weighted by Crippen LogP contribution is 2.24. The number of rotatable bonds is 10. The van der Waals surface area contributed by atoms with Gasteiger partial charge in [-0.05, 0) is 18.6 Å². The zero-order valence-electron chi connectivity index (χ0n) is 11.9. The second-order valence-electron chi connectivity index (χ2n) is 5.15. The maximum Gasteiger partial charge on any atom is 0.0974 e. The van der Waals surface area contributed by atoms with Gasteiger partial charge in [0.15, 0.2) is 0 Å². The molecule has 108 valence electrons. The molecule has 0 aliphatic rings. The molecule has 1 aromatic rings. The third-order valence-electron chi connectivity index (χ3n) is 3.43. The van der Waals surface area contributed by atoms with Gasteiger partial charge in [0.1, 0.15) is 0 Å². The smallest absolute Gasteiger partial charge is 0.0974 e. The minimum absolute atomic E-state index is 0.520. The summed E-state index contributed by atoms with van der Waals surface area (Å²) in [4.78, 5) is 4.15. The number of nitrogens with zero attached hydrogens (tertiary/aromatic N) is 1. The number of pyridine rings is 1. The predicted octanol–water partition coefficient (Wildman–Crippen LogP) is 5.30. The number of hydrogen-bond donors (Lipinski definition) is 1. The molecule has 0 aromatic carbocycles. The molecule has 1 rings (SSSR count). The predicted molar refractivity (Wildman–Crippen MR) is 81.4 cm³/mol. The lowest BCUT2D eigenvalue weighted by Gasteiger charge is -2.11. The minimum Gasteiger partial charge on any atom is -0.387 e. The van der Waals surface area contributed by atoms with Crippen LogP contribution in [-0.4, -0.2) is 10.1 Å². The van der Waals surface area contributed by atoms with Gasteiger partial charge in [-0.2, -0.15) is 0 Å². The van der Waals surface area contributed by atoms with E-state index >= 15 is 0 Å². The summed E-state index contributed by atoms with van der Waals surface area (Å²) in [5.41, 5.74) is 0.618. The van der Waals surface area contributed by atoms with Gasteiger partial charge >= 0.3 is 0 Å². The van der Waals surface area contributed by atoms with Crippen molar-refractivity contribution in [3.63, 3.8) is 0 Å². The highest BCUT2D eigenvalue weighted by Gasteiger charge is 2.11. The number of unbranched alkanes of at least 4 members (excludes halogenated alkanes) is 7. The molecule has 0 saturated carbocycles. The Morgan fingerprint density at radius 2 is 1.74 bits per heavy atom. The van der Waals surface area contributed by atoms with Crippen LogP contribution in [0.5, 0.6) is 0 Å². The van der Waals surface area contributed by atoms with Crippen molar-refractivity contribution in [2.45, 2.75) is 70.8 Å². The molecule has 1 N–H and O–H groups in total. The third kappa shape index (κ3) is 6.93. The van der Waals surface area contributed by atoms with E-state index in [2.05, 4.69) is 11.9 Å². The fourth-order valence-electron chi connectivity index (χ4n) is 2.25. The first-order chi connectivity index (χ1) is 9.25. The third-order valence-corrected chi connectivity index (χ3v) is 3.75. The summed E-state index contributed by atoms with van der Waals surface area (Å²) >= 11 is 6.01. The van der Waals surface area contributed by atoms with E-state index in [1.807, 2.05) is 0 Å². The summed E-state index contributed by atoms with van der Waals surface area (Å²) < 4.78 is 0. The summed E-state index contributed by atoms with van der Waals surface area (Å²) in [6.07, 6.45) is 12.1. The maximum atomic E-state index is 10.0. The molecule has 0 fully saturated rings. The molecule has 2 nitrogen and oxygen atoms in total. The van der Waals surface area contributed by atoms with Crippen LogP contribution in [0.3, 0.4) is 0 Å². The molecule has 3 heteroatoms. The molecule has 0 aliphatic heterocycles. The van der Waals surface area contributed by atoms with E-state index in [1.54, 1.807) is 18.3 Å². The number of aliphatic hydroxyl groups is 1. The van der Waals surface area contributed by atoms with Crippen molar-refractivity contribution in [2.24, 2.45) is 0 Å². The van der Waals surface area contributed by atoms with Crippen LogP contribution in [0.15, 0.2) is 18.3 Å². The van der Waals surface area contributed by atoms with E-state index in [1.165, 1.54) is 44.9 Å². The van der Waals surface area contributed by atoms with Crippen LogP contribution in [0.4, 0.5) is 0 Å². The Kier molecular flexibility index (Phi) is 8.85. The monoisotopic (exact) mass is 283 g/mol. The quantitative estimate of drug-likeness (QED) is 0.591. The van der Waals surface area contributed by atoms with E-state index in [-0.39, 0.29) is 0 Å². The van der Waals surface area contributed by atoms with E-state index in [9.17, 15) is 5.11 Å². The van der Waals surface area contributed by atoms with Crippen molar-refractivity contribution < 1.29 is 5.11 Å². The Bertz CT molecular complexity index is 343. The zero-order chi connectivity index (χ0) is 13.9. The van der Waals surface area contributed by atoms with Crippen LogP contribution < -0.4 is 0 Å². The topological polar surface area (TPSA) is 33.1 Å². The SMILES string of the molecule is CCCCCCCCCCC(O)c1ncccc1Cl. The Morgan fingerprint density at radius 3 is 2.37 bits per heavy atom. The second-order valence-corrected chi connectivity index (χ2v) is 5.56. The van der Waals surface area contributed by atoms with Gasteiger partial charge in [-0.3, -0.25) is 4.98 Å². The van der Waals surface area contributed by atoms with Crippen molar-refractivity contribution >= 4 is 11.6 Å². The van der Waals surface area contributed by atoms with Crippen molar-refractivity contribution in [2.75, 3.05) is 0 Å². The number of halogens is 1. The van der Waals surface area contributed by atoms with Gasteiger partial charge in [0, 0.05) is 6.20 Å². The first-order valence-electron chi connectivity index (χ1n) is 7.54. The Balaban J connectivity index is 2.08. The lowest BCUT2D eigenvalue weighted by Crippen LogP contribution is -2.01. The average molecular weight is 284 g/mol. The van der Waals surface area contributed by atoms with E-state index < -0.39 is 6.10 Å². The molecule has 19 heavy (non-hydrogen) atoms. The summed E-state index contributed by atoms with van der Waals surface area (Å²) in [5, 5.41) is 10.6. The summed E-state index contributed by atoms with van der Waals surface area (Å²) in [5.74, 6) is 0. The van der Waals surface area contributed by atoms with Crippen LogP contribution in [0.25, 0.3) is 0 Å². The zero-order valence-corrected chi connectivity index (χ0v) is 12.7. The molecule has 1 aromatic heterocycles. The van der Waals surface area contributed by atoms with Gasteiger partial charge in [0.2, 0.25) is 0 Å². The summed E-state index contributed by atoms with van der Waals surface area (Å²) in [6.45, 7) is 2.24. The molecular formula is C16H26ClNO. The average Bonchev–Trinajstić information content (AvgIpc) is 2.42. The van der Waals surface area contributed by atoms with Gasteiger partial charge in [0.05, 0.1) is 16.8 Å². The van der Waals surface area contributed by atoms with Crippen LogP contribution in [0.2, 0.25) is 5.02 Å². The molecule has 1 heterocycles. The molecule has 0 saturated heterocycles. The Labute approximate surface area is 122 Å². The molecule has 0 bridgehead atoms. The van der Waals surface area contributed by atoms with Crippen molar-refractivity contribution in [1.29, 1.82) is 0 Å². The van der Waals surface area contributed by atoms with E-state index in [0.29, 0.717) is 10.7 Å². The van der Waals surface area contributed by atoms with Gasteiger partial charge < -0.3 is 5.11 Å². The van der Waals surface area contributed by atoms with Crippen molar-refractivity contribution in [3.8, 4) is 0 Å². The fourth-order valence-corrected chi connectivity index (χ4v) is 2.50. The molecule has 0 radical (unpaired) electrons. The molecule has 1 unspecified atom stereocenters. The normalized spacial score (nSPS) is 12.6. The Hall–Kier alpha value is -0.600. The standard InChI is InChI=1S/C16H26ClNO/c1-2-3-4-5-6-7-8-9-12-15(19)16-14(17)11-10-13-18-16/h10-11,13,15,19H,2-9,12H2,1H3. The minimum atomic E-state index is -0.520. The lowest BCUT2D eigenvalue weighted by molar-refractivity contribution is 0.159. The molecular weight excluding hydrogens is 258 g/mol. The second kappa shape index (κ2) is 10.2. The maximum absolute atomic E-state index is 10.0. The highest BCUT2D eigenvalue weighted by molar-refractivity contribution is 6.31. The first kappa shape index (κ1) is 16.5. The van der Waals surface area contributed by atoms with Crippen LogP contribution in [-0.2, 0) is 0 Å². The van der Waals surface area contributed by atoms with Gasteiger partial charge in [-0.1, -0.05) is 69.9 Å². The lowest BCUT2D eigenvalue weighted by atomic mass is 10.0. The number of hydrogen-bond acceptors (Lipinski definition) is 2. The number of aliphatic hydroxyl groups excluding tert-OH is 1. The van der Waals surface area contributed by atoms with Crippen LogP contribution in [0.1, 0.15) is 76.5 Å². The van der Waals surface area contributed by atoms with Crippen LogP contribution in [0, 0.1) is 0 Å². The largest absolute Gasteiger partial charge is 0.387 e. The summed E-state index contributed by atoms with van der Waals surface area (Å²) in [7, 11) is 0.